The molecule has 0 atom stereocenters. The van der Waals surface area contributed by atoms with Gasteiger partial charge in [-0.1, -0.05) is 18.2 Å². The molecule has 0 aliphatic heterocycles. The molecule has 0 fully saturated rings. The Morgan fingerprint density at radius 2 is 0.786 bits per heavy atom. The molecule has 3 N–H and O–H groups in total. The fourth-order valence-electron chi connectivity index (χ4n) is 1.47. The van der Waals surface area contributed by atoms with Crippen LogP contribution in [0.2, 0.25) is 0 Å². The van der Waals surface area contributed by atoms with Gasteiger partial charge in [-0.25, -0.2) is 29.3 Å². The summed E-state index contributed by atoms with van der Waals surface area (Å²) >= 11 is 0. The maximum Gasteiger partial charge on any atom is 0.354 e. The van der Waals surface area contributed by atoms with E-state index in [9.17, 15) is 14.4 Å². The van der Waals surface area contributed by atoms with E-state index in [1.165, 1.54) is 36.8 Å². The summed E-state index contributed by atoms with van der Waals surface area (Å²) in [7, 11) is 0. The van der Waals surface area contributed by atoms with Gasteiger partial charge in [0.15, 0.2) is 0 Å². The molecule has 0 unspecified atom stereocenters. The van der Waals surface area contributed by atoms with Crippen LogP contribution in [0.25, 0.3) is 0 Å². The molecule has 145 valence electrons. The number of carbonyl (C=O) groups is 3. The van der Waals surface area contributed by atoms with Gasteiger partial charge >= 0.3 is 17.9 Å². The van der Waals surface area contributed by atoms with Crippen LogP contribution >= 0.6 is 0 Å². The van der Waals surface area contributed by atoms with Crippen molar-refractivity contribution < 1.29 is 46.8 Å². The van der Waals surface area contributed by atoms with Gasteiger partial charge in [0.1, 0.15) is 17.1 Å². The van der Waals surface area contributed by atoms with Crippen LogP contribution in [-0.4, -0.2) is 48.2 Å². The van der Waals surface area contributed by atoms with Gasteiger partial charge in [0.05, 0.1) is 0 Å². The number of rotatable bonds is 3. The Labute approximate surface area is 170 Å². The first-order chi connectivity index (χ1) is 12.9. The number of carboxylic acids is 3. The van der Waals surface area contributed by atoms with Crippen LogP contribution in [0.4, 0.5) is 0 Å². The molecule has 3 rings (SSSR count). The maximum atomic E-state index is 10.1. The molecule has 3 aromatic heterocycles. The van der Waals surface area contributed by atoms with Crippen LogP contribution < -0.4 is 0 Å². The summed E-state index contributed by atoms with van der Waals surface area (Å²) in [5.41, 5.74) is 0.243. The van der Waals surface area contributed by atoms with Crippen molar-refractivity contribution >= 4 is 17.9 Å². The van der Waals surface area contributed by atoms with Crippen molar-refractivity contribution in [3.05, 3.63) is 90.3 Å². The summed E-state index contributed by atoms with van der Waals surface area (Å²) < 4.78 is 0. The number of hydrogen-bond acceptors (Lipinski definition) is 6. The zero-order valence-electron chi connectivity index (χ0n) is 14.2. The van der Waals surface area contributed by atoms with Crippen molar-refractivity contribution in [1.82, 2.24) is 15.0 Å². The summed E-state index contributed by atoms with van der Waals surface area (Å²) in [6, 6.07) is 14.3. The second kappa shape index (κ2) is 13.6. The largest absolute Gasteiger partial charge is 0.477 e. The van der Waals surface area contributed by atoms with Crippen LogP contribution in [0.3, 0.4) is 0 Å². The van der Waals surface area contributed by atoms with Gasteiger partial charge in [-0.05, 0) is 36.4 Å². The molecule has 0 aliphatic carbocycles. The van der Waals surface area contributed by atoms with E-state index in [2.05, 4.69) is 15.0 Å². The Bertz CT molecular complexity index is 747. The number of carboxylic acid groups (broad SMARTS) is 3. The number of pyridine rings is 3. The third-order valence-electron chi connectivity index (χ3n) is 2.65. The number of hydrogen-bond donors (Lipinski definition) is 3. The second-order valence-electron chi connectivity index (χ2n) is 4.56. The van der Waals surface area contributed by atoms with Crippen molar-refractivity contribution in [1.29, 1.82) is 0 Å². The fraction of sp³-hybridized carbons (Fsp3) is 0. The quantitative estimate of drug-likeness (QED) is 0.538. The SMILES string of the molecule is O=C(O)c1ccccn1.O=C(O)c1ccccn1.O=C(O)c1ccccn1.[Mn]. The smallest absolute Gasteiger partial charge is 0.354 e. The van der Waals surface area contributed by atoms with Crippen molar-refractivity contribution in [2.45, 2.75) is 0 Å². The van der Waals surface area contributed by atoms with Gasteiger partial charge < -0.3 is 15.3 Å². The van der Waals surface area contributed by atoms with Crippen LogP contribution in [0, 0.1) is 0 Å². The first-order valence-electron chi connectivity index (χ1n) is 7.34. The van der Waals surface area contributed by atoms with Crippen LogP contribution in [0.5, 0.6) is 0 Å². The molecule has 10 heteroatoms. The molecule has 0 spiro atoms. The van der Waals surface area contributed by atoms with Crippen molar-refractivity contribution in [2.24, 2.45) is 0 Å². The van der Waals surface area contributed by atoms with Gasteiger partial charge in [0.2, 0.25) is 0 Å². The second-order valence-corrected chi connectivity index (χ2v) is 4.56. The molecular weight excluding hydrogens is 409 g/mol. The van der Waals surface area contributed by atoms with Gasteiger partial charge in [-0.3, -0.25) is 0 Å². The molecule has 28 heavy (non-hydrogen) atoms. The van der Waals surface area contributed by atoms with Crippen molar-refractivity contribution in [3.8, 4) is 0 Å². The Morgan fingerprint density at radius 1 is 0.536 bits per heavy atom. The van der Waals surface area contributed by atoms with E-state index < -0.39 is 17.9 Å². The molecule has 9 nitrogen and oxygen atoms in total. The van der Waals surface area contributed by atoms with Crippen LogP contribution in [0.15, 0.2) is 73.2 Å². The molecule has 0 aromatic carbocycles. The third kappa shape index (κ3) is 9.76. The van der Waals surface area contributed by atoms with E-state index in [4.69, 9.17) is 15.3 Å². The first kappa shape index (κ1) is 24.4. The summed E-state index contributed by atoms with van der Waals surface area (Å²) in [6.45, 7) is 0. The Kier molecular flexibility index (Phi) is 11.8. The van der Waals surface area contributed by atoms with Gasteiger partial charge in [-0.15, -0.1) is 0 Å². The van der Waals surface area contributed by atoms with Crippen LogP contribution in [-0.2, 0) is 17.1 Å². The van der Waals surface area contributed by atoms with E-state index >= 15 is 0 Å². The Balaban J connectivity index is 0.000000384. The minimum absolute atomic E-state index is 0. The summed E-state index contributed by atoms with van der Waals surface area (Å²) in [6.07, 6.45) is 4.34. The van der Waals surface area contributed by atoms with E-state index in [1.807, 2.05) is 0 Å². The molecule has 0 amide bonds. The fourth-order valence-corrected chi connectivity index (χ4v) is 1.47. The van der Waals surface area contributed by atoms with E-state index in [0.29, 0.717) is 0 Å². The van der Waals surface area contributed by atoms with E-state index in [0.717, 1.165) is 0 Å². The number of aromatic nitrogens is 3. The minimum Gasteiger partial charge on any atom is -0.477 e. The van der Waals surface area contributed by atoms with E-state index in [-0.39, 0.29) is 34.2 Å². The molecule has 0 saturated carbocycles. The molecule has 1 radical (unpaired) electrons. The number of nitrogens with zero attached hydrogens (tertiary/aromatic N) is 3. The monoisotopic (exact) mass is 424 g/mol. The number of aromatic carboxylic acids is 3. The maximum absolute atomic E-state index is 10.1. The van der Waals surface area contributed by atoms with Crippen LogP contribution in [0.1, 0.15) is 31.5 Å². The van der Waals surface area contributed by atoms with Gasteiger partial charge in [0, 0.05) is 35.7 Å². The summed E-state index contributed by atoms with van der Waals surface area (Å²) in [4.78, 5) is 41.2. The standard InChI is InChI=1S/3C6H5NO2.Mn/c3*8-6(9)5-3-1-2-4-7-5;/h3*1-4H,(H,8,9);. The average Bonchev–Trinajstić information content (AvgIpc) is 2.71. The predicted octanol–water partition coefficient (Wildman–Crippen LogP) is 2.34. The minimum atomic E-state index is -0.990. The normalized spacial score (nSPS) is 8.57. The van der Waals surface area contributed by atoms with Crippen molar-refractivity contribution in [2.75, 3.05) is 0 Å². The zero-order chi connectivity index (χ0) is 20.1. The van der Waals surface area contributed by atoms with E-state index in [1.54, 1.807) is 36.4 Å². The van der Waals surface area contributed by atoms with Gasteiger partial charge in [0.25, 0.3) is 0 Å². The summed E-state index contributed by atoms with van der Waals surface area (Å²) in [5.74, 6) is -2.97. The molecule has 0 aliphatic rings. The zero-order valence-corrected chi connectivity index (χ0v) is 15.4. The predicted molar refractivity (Wildman–Crippen MR) is 93.6 cm³/mol. The molecule has 3 aromatic rings. The third-order valence-corrected chi connectivity index (χ3v) is 2.65. The van der Waals surface area contributed by atoms with Crippen molar-refractivity contribution in [3.63, 3.8) is 0 Å². The first-order valence-corrected chi connectivity index (χ1v) is 7.34. The Hall–Kier alpha value is -3.62. The average molecular weight is 424 g/mol. The summed E-state index contributed by atoms with van der Waals surface area (Å²) in [5, 5.41) is 25.0. The molecule has 0 saturated heterocycles. The molecule has 3 heterocycles. The van der Waals surface area contributed by atoms with Gasteiger partial charge in [-0.2, -0.15) is 0 Å². The Morgan fingerprint density at radius 3 is 0.893 bits per heavy atom. The molecular formula is C18H15MnN3O6. The topological polar surface area (TPSA) is 151 Å². The molecule has 0 bridgehead atoms.